The molecular formula is C27H37N3O. The Balaban J connectivity index is 1.52. The summed E-state index contributed by atoms with van der Waals surface area (Å²) in [5, 5.41) is 0. The molecule has 0 spiro atoms. The fraction of sp³-hybridized carbons (Fsp3) is 0.519. The highest BCUT2D eigenvalue weighted by Crippen LogP contribution is 2.25. The molecule has 2 saturated heterocycles. The average molecular weight is 420 g/mol. The molecule has 2 aliphatic heterocycles. The number of piperazine rings is 1. The predicted molar refractivity (Wildman–Crippen MR) is 131 cm³/mol. The molecule has 0 bridgehead atoms. The first-order valence-electron chi connectivity index (χ1n) is 12.1. The van der Waals surface area contributed by atoms with Crippen molar-refractivity contribution in [3.63, 3.8) is 0 Å². The smallest absolute Gasteiger partial charge is 0.206 e. The Kier molecular flexibility index (Phi) is 7.29. The molecule has 2 fully saturated rings. The minimum atomic E-state index is 0.258. The predicted octanol–water partition coefficient (Wildman–Crippen LogP) is 4.56. The summed E-state index contributed by atoms with van der Waals surface area (Å²) in [6.45, 7) is 11.3. The van der Waals surface area contributed by atoms with Crippen LogP contribution in [0, 0.1) is 5.92 Å². The van der Waals surface area contributed by atoms with Gasteiger partial charge in [0.1, 0.15) is 0 Å². The van der Waals surface area contributed by atoms with Crippen LogP contribution in [0.2, 0.25) is 0 Å². The third-order valence-electron chi connectivity index (χ3n) is 6.91. The van der Waals surface area contributed by atoms with E-state index in [1.165, 1.54) is 24.1 Å². The average Bonchev–Trinajstić information content (AvgIpc) is 2.95. The summed E-state index contributed by atoms with van der Waals surface area (Å²) in [6.07, 6.45) is 4.40. The molecule has 2 aliphatic rings. The van der Waals surface area contributed by atoms with Crippen LogP contribution < -0.4 is 15.2 Å². The van der Waals surface area contributed by atoms with Gasteiger partial charge in [-0.3, -0.25) is 9.69 Å². The van der Waals surface area contributed by atoms with Crippen molar-refractivity contribution in [2.45, 2.75) is 46.1 Å². The highest BCUT2D eigenvalue weighted by molar-refractivity contribution is 5.55. The third-order valence-corrected chi connectivity index (χ3v) is 6.91. The number of hydrogen-bond acceptors (Lipinski definition) is 4. The standard InChI is InChI=1S/C27H37N3O/c1-3-8-23-9-7-10-24(27(31)26(23)30-15-13-22(2)14-16-30)21-28-17-19-29(20-18-28)25-11-5-4-6-12-25/h4-7,9-12,22H,3,8,13-21H2,1-2H3. The van der Waals surface area contributed by atoms with E-state index < -0.39 is 0 Å². The van der Waals surface area contributed by atoms with Gasteiger partial charge in [-0.05, 0) is 42.9 Å². The highest BCUT2D eigenvalue weighted by Gasteiger charge is 2.23. The molecule has 4 heteroatoms. The van der Waals surface area contributed by atoms with Crippen LogP contribution in [0.1, 0.15) is 44.2 Å². The minimum Gasteiger partial charge on any atom is -0.369 e. The van der Waals surface area contributed by atoms with Gasteiger partial charge in [0, 0.05) is 57.1 Å². The second-order valence-electron chi connectivity index (χ2n) is 9.27. The van der Waals surface area contributed by atoms with Crippen LogP contribution in [0.15, 0.2) is 53.3 Å². The van der Waals surface area contributed by atoms with Gasteiger partial charge in [-0.15, -0.1) is 0 Å². The number of rotatable bonds is 6. The molecule has 4 nitrogen and oxygen atoms in total. The van der Waals surface area contributed by atoms with E-state index >= 15 is 0 Å². The number of benzene rings is 1. The molecule has 2 aromatic carbocycles. The largest absolute Gasteiger partial charge is 0.369 e. The Morgan fingerprint density at radius 2 is 1.48 bits per heavy atom. The zero-order chi connectivity index (χ0) is 21.6. The molecule has 2 aromatic rings. The molecule has 31 heavy (non-hydrogen) atoms. The van der Waals surface area contributed by atoms with Crippen molar-refractivity contribution >= 4 is 11.4 Å². The van der Waals surface area contributed by atoms with Crippen LogP contribution in [-0.4, -0.2) is 44.2 Å². The molecule has 166 valence electrons. The van der Waals surface area contributed by atoms with Crippen LogP contribution in [0.5, 0.6) is 0 Å². The van der Waals surface area contributed by atoms with E-state index in [-0.39, 0.29) is 5.43 Å². The highest BCUT2D eigenvalue weighted by atomic mass is 16.1. The van der Waals surface area contributed by atoms with Gasteiger partial charge in [0.05, 0.1) is 5.69 Å². The maximum absolute atomic E-state index is 13.7. The zero-order valence-corrected chi connectivity index (χ0v) is 19.2. The SMILES string of the molecule is CCCc1cccc(CN2CCN(c3ccccc3)CC2)c(=O)c1N1CCC(C)CC1. The first kappa shape index (κ1) is 21.9. The van der Waals surface area contributed by atoms with Crippen molar-refractivity contribution in [3.05, 3.63) is 69.9 Å². The number of hydrogen-bond donors (Lipinski definition) is 0. The maximum atomic E-state index is 13.7. The molecule has 0 aromatic heterocycles. The number of piperidine rings is 1. The van der Waals surface area contributed by atoms with Crippen LogP contribution in [0.3, 0.4) is 0 Å². The Morgan fingerprint density at radius 1 is 0.806 bits per heavy atom. The van der Waals surface area contributed by atoms with Crippen LogP contribution in [0.4, 0.5) is 11.4 Å². The van der Waals surface area contributed by atoms with E-state index in [4.69, 9.17) is 0 Å². The second kappa shape index (κ2) is 10.3. The van der Waals surface area contributed by atoms with Gasteiger partial charge >= 0.3 is 0 Å². The third kappa shape index (κ3) is 5.30. The fourth-order valence-corrected chi connectivity index (χ4v) is 4.95. The number of nitrogens with zero attached hydrogens (tertiary/aromatic N) is 3. The lowest BCUT2D eigenvalue weighted by Gasteiger charge is -2.36. The van der Waals surface area contributed by atoms with Gasteiger partial charge in [0.25, 0.3) is 0 Å². The maximum Gasteiger partial charge on any atom is 0.206 e. The van der Waals surface area contributed by atoms with Crippen molar-refractivity contribution < 1.29 is 0 Å². The molecule has 0 unspecified atom stereocenters. The van der Waals surface area contributed by atoms with E-state index in [0.717, 1.165) is 75.8 Å². The normalized spacial score (nSPS) is 18.4. The summed E-state index contributed by atoms with van der Waals surface area (Å²) in [6, 6.07) is 17.0. The number of para-hydroxylation sites is 1. The quantitative estimate of drug-likeness (QED) is 0.686. The van der Waals surface area contributed by atoms with E-state index in [0.29, 0.717) is 0 Å². The fourth-order valence-electron chi connectivity index (χ4n) is 4.95. The summed E-state index contributed by atoms with van der Waals surface area (Å²) in [5.74, 6) is 0.763. The van der Waals surface area contributed by atoms with Crippen molar-refractivity contribution in [1.82, 2.24) is 4.90 Å². The van der Waals surface area contributed by atoms with E-state index in [2.05, 4.69) is 77.1 Å². The molecule has 0 atom stereocenters. The summed E-state index contributed by atoms with van der Waals surface area (Å²) < 4.78 is 0. The van der Waals surface area contributed by atoms with Crippen LogP contribution in [0.25, 0.3) is 0 Å². The number of aryl methyl sites for hydroxylation is 1. The van der Waals surface area contributed by atoms with Crippen molar-refractivity contribution in [2.24, 2.45) is 5.92 Å². The topological polar surface area (TPSA) is 26.8 Å². The number of anilines is 2. The van der Waals surface area contributed by atoms with E-state index in [1.807, 2.05) is 0 Å². The van der Waals surface area contributed by atoms with Crippen molar-refractivity contribution in [2.75, 3.05) is 49.1 Å². The van der Waals surface area contributed by atoms with Crippen LogP contribution >= 0.6 is 0 Å². The van der Waals surface area contributed by atoms with Gasteiger partial charge in [-0.2, -0.15) is 0 Å². The molecule has 0 amide bonds. The minimum absolute atomic E-state index is 0.258. The molecule has 0 saturated carbocycles. The molecule has 0 aliphatic carbocycles. The lowest BCUT2D eigenvalue weighted by Crippen LogP contribution is -2.46. The van der Waals surface area contributed by atoms with E-state index in [9.17, 15) is 4.79 Å². The van der Waals surface area contributed by atoms with E-state index in [1.54, 1.807) is 0 Å². The van der Waals surface area contributed by atoms with Gasteiger partial charge in [-0.1, -0.05) is 56.7 Å². The van der Waals surface area contributed by atoms with Crippen molar-refractivity contribution in [1.29, 1.82) is 0 Å². The Morgan fingerprint density at radius 3 is 2.16 bits per heavy atom. The summed E-state index contributed by atoms with van der Waals surface area (Å²) in [4.78, 5) is 21.0. The molecule has 2 heterocycles. The van der Waals surface area contributed by atoms with Gasteiger partial charge in [0.15, 0.2) is 0 Å². The molecular weight excluding hydrogens is 382 g/mol. The van der Waals surface area contributed by atoms with Crippen molar-refractivity contribution in [3.8, 4) is 0 Å². The Labute approximate surface area is 187 Å². The summed E-state index contributed by atoms with van der Waals surface area (Å²) >= 11 is 0. The Hall–Kier alpha value is -2.33. The first-order chi connectivity index (χ1) is 15.2. The molecule has 4 rings (SSSR count). The lowest BCUT2D eigenvalue weighted by atomic mass is 9.97. The lowest BCUT2D eigenvalue weighted by molar-refractivity contribution is 0.249. The summed E-state index contributed by atoms with van der Waals surface area (Å²) in [7, 11) is 0. The summed E-state index contributed by atoms with van der Waals surface area (Å²) in [5.41, 5.74) is 4.71. The Bertz CT molecular complexity index is 898. The zero-order valence-electron chi connectivity index (χ0n) is 19.2. The molecule has 0 N–H and O–H groups in total. The van der Waals surface area contributed by atoms with Gasteiger partial charge in [-0.25, -0.2) is 0 Å². The molecule has 0 radical (unpaired) electrons. The van der Waals surface area contributed by atoms with Gasteiger partial charge in [0.2, 0.25) is 5.43 Å². The van der Waals surface area contributed by atoms with Gasteiger partial charge < -0.3 is 9.80 Å². The second-order valence-corrected chi connectivity index (χ2v) is 9.27. The van der Waals surface area contributed by atoms with Crippen LogP contribution in [-0.2, 0) is 13.0 Å². The first-order valence-corrected chi connectivity index (χ1v) is 12.1. The monoisotopic (exact) mass is 419 g/mol.